The molecule has 0 radical (unpaired) electrons. The molecule has 184 valence electrons. The van der Waals surface area contributed by atoms with E-state index in [0.717, 1.165) is 25.7 Å². The molecule has 5 rings (SSSR count). The van der Waals surface area contributed by atoms with Gasteiger partial charge < -0.3 is 4.74 Å². The van der Waals surface area contributed by atoms with E-state index in [9.17, 15) is 9.59 Å². The van der Waals surface area contributed by atoms with Crippen LogP contribution in [0.25, 0.3) is 0 Å². The van der Waals surface area contributed by atoms with E-state index in [4.69, 9.17) is 4.74 Å². The Labute approximate surface area is 201 Å². The topological polar surface area (TPSA) is 43.4 Å². The zero-order chi connectivity index (χ0) is 24.0. The average molecular weight is 455 g/mol. The lowest BCUT2D eigenvalue weighted by Crippen LogP contribution is -2.62. The third-order valence-corrected chi connectivity index (χ3v) is 11.8. The van der Waals surface area contributed by atoms with Gasteiger partial charge in [0.05, 0.1) is 0 Å². The Hall–Kier alpha value is -1.12. The SMILES string of the molecule is CC(=O)OC1CCC2(C)C(CCC3(C)C4CCC5(C)CCC(C)(C)CC5C4=CC(=O)C32)C1C. The predicted molar refractivity (Wildman–Crippen MR) is 131 cm³/mol. The van der Waals surface area contributed by atoms with E-state index in [1.807, 2.05) is 0 Å². The van der Waals surface area contributed by atoms with Gasteiger partial charge in [-0.1, -0.05) is 47.1 Å². The second-order valence-corrected chi connectivity index (χ2v) is 14.3. The molecule has 0 aliphatic heterocycles. The van der Waals surface area contributed by atoms with E-state index in [2.05, 4.69) is 47.6 Å². The minimum absolute atomic E-state index is 0.00870. The summed E-state index contributed by atoms with van der Waals surface area (Å²) in [5, 5.41) is 0. The minimum atomic E-state index is -0.168. The second-order valence-electron chi connectivity index (χ2n) is 14.3. The van der Waals surface area contributed by atoms with Crippen LogP contribution in [0.15, 0.2) is 11.6 Å². The van der Waals surface area contributed by atoms with Crippen LogP contribution in [0.3, 0.4) is 0 Å². The molecule has 4 fully saturated rings. The fourth-order valence-corrected chi connectivity index (χ4v) is 10.0. The van der Waals surface area contributed by atoms with Crippen LogP contribution in [0.1, 0.15) is 106 Å². The maximum Gasteiger partial charge on any atom is 0.302 e. The Kier molecular flexibility index (Phi) is 5.32. The molecule has 9 unspecified atom stereocenters. The molecule has 4 saturated carbocycles. The van der Waals surface area contributed by atoms with Crippen LogP contribution in [0.5, 0.6) is 0 Å². The molecule has 0 aromatic carbocycles. The van der Waals surface area contributed by atoms with Gasteiger partial charge in [-0.3, -0.25) is 9.59 Å². The second kappa shape index (κ2) is 7.44. The van der Waals surface area contributed by atoms with Crippen LogP contribution in [-0.2, 0) is 14.3 Å². The summed E-state index contributed by atoms with van der Waals surface area (Å²) >= 11 is 0. The summed E-state index contributed by atoms with van der Waals surface area (Å²) in [7, 11) is 0. The quantitative estimate of drug-likeness (QED) is 0.396. The lowest BCUT2D eigenvalue weighted by atomic mass is 9.38. The van der Waals surface area contributed by atoms with Gasteiger partial charge in [0, 0.05) is 12.8 Å². The highest BCUT2D eigenvalue weighted by molar-refractivity contribution is 5.95. The van der Waals surface area contributed by atoms with E-state index in [0.29, 0.717) is 40.3 Å². The molecule has 0 saturated heterocycles. The van der Waals surface area contributed by atoms with Gasteiger partial charge in [-0.2, -0.15) is 0 Å². The van der Waals surface area contributed by atoms with Gasteiger partial charge in [0.15, 0.2) is 5.78 Å². The van der Waals surface area contributed by atoms with E-state index in [1.54, 1.807) is 0 Å². The lowest BCUT2D eigenvalue weighted by molar-refractivity contribution is -0.180. The van der Waals surface area contributed by atoms with Gasteiger partial charge in [0.1, 0.15) is 6.10 Å². The smallest absolute Gasteiger partial charge is 0.302 e. The summed E-state index contributed by atoms with van der Waals surface area (Å²) in [6, 6.07) is 0. The summed E-state index contributed by atoms with van der Waals surface area (Å²) < 4.78 is 5.73. The van der Waals surface area contributed by atoms with Crippen molar-refractivity contribution in [2.24, 2.45) is 51.2 Å². The standard InChI is InChI=1S/C30H46O3/c1-18-21-9-12-30(7)22-8-11-28(5)15-14-27(3,4)17-23(28)20(22)16-24(32)26(30)29(21,6)13-10-25(18)33-19(2)31/h16,18,21-23,25-26H,8-15,17H2,1-7H3. The van der Waals surface area contributed by atoms with Crippen molar-refractivity contribution in [3.8, 4) is 0 Å². The fraction of sp³-hybridized carbons (Fsp3) is 0.867. The van der Waals surface area contributed by atoms with Gasteiger partial charge >= 0.3 is 5.97 Å². The predicted octanol–water partition coefficient (Wildman–Crippen LogP) is 7.14. The first-order chi connectivity index (χ1) is 15.3. The molecule has 0 bridgehead atoms. The molecule has 0 amide bonds. The Morgan fingerprint density at radius 3 is 2.30 bits per heavy atom. The van der Waals surface area contributed by atoms with Crippen molar-refractivity contribution in [1.82, 2.24) is 0 Å². The summed E-state index contributed by atoms with van der Waals surface area (Å²) in [6.07, 6.45) is 12.8. The molecule has 3 nitrogen and oxygen atoms in total. The number of esters is 1. The Balaban J connectivity index is 1.51. The number of hydrogen-bond donors (Lipinski definition) is 0. The van der Waals surface area contributed by atoms with Crippen molar-refractivity contribution < 1.29 is 14.3 Å². The average Bonchev–Trinajstić information content (AvgIpc) is 2.70. The number of fused-ring (bicyclic) bond motifs is 7. The third-order valence-electron chi connectivity index (χ3n) is 11.8. The van der Waals surface area contributed by atoms with Crippen LogP contribution in [0, 0.1) is 51.2 Å². The molecule has 3 heteroatoms. The Morgan fingerprint density at radius 1 is 0.909 bits per heavy atom. The van der Waals surface area contributed by atoms with Gasteiger partial charge in [-0.05, 0) is 109 Å². The summed E-state index contributed by atoms with van der Waals surface area (Å²) in [6.45, 7) is 16.1. The Bertz CT molecular complexity index is 885. The number of hydrogen-bond acceptors (Lipinski definition) is 3. The zero-order valence-electron chi connectivity index (χ0n) is 22.1. The summed E-state index contributed by atoms with van der Waals surface area (Å²) in [5.74, 6) is 2.27. The van der Waals surface area contributed by atoms with Crippen molar-refractivity contribution in [1.29, 1.82) is 0 Å². The maximum atomic E-state index is 14.1. The molecule has 5 aliphatic carbocycles. The highest BCUT2D eigenvalue weighted by Gasteiger charge is 2.65. The molecule has 33 heavy (non-hydrogen) atoms. The largest absolute Gasteiger partial charge is 0.462 e. The third kappa shape index (κ3) is 3.41. The van der Waals surface area contributed by atoms with Crippen molar-refractivity contribution >= 4 is 11.8 Å². The molecule has 0 N–H and O–H groups in total. The highest BCUT2D eigenvalue weighted by atomic mass is 16.5. The molecular weight excluding hydrogens is 408 g/mol. The maximum absolute atomic E-state index is 14.1. The van der Waals surface area contributed by atoms with E-state index in [-0.39, 0.29) is 28.8 Å². The summed E-state index contributed by atoms with van der Waals surface area (Å²) in [5.41, 5.74) is 2.36. The highest BCUT2D eigenvalue weighted by Crippen LogP contribution is 2.70. The van der Waals surface area contributed by atoms with E-state index in [1.165, 1.54) is 44.6 Å². The summed E-state index contributed by atoms with van der Waals surface area (Å²) in [4.78, 5) is 25.8. The Morgan fingerprint density at radius 2 is 1.61 bits per heavy atom. The van der Waals surface area contributed by atoms with E-state index >= 15 is 0 Å². The first-order valence-corrected chi connectivity index (χ1v) is 13.7. The van der Waals surface area contributed by atoms with Gasteiger partial charge in [0.25, 0.3) is 0 Å². The van der Waals surface area contributed by atoms with Crippen molar-refractivity contribution in [3.05, 3.63) is 11.6 Å². The van der Waals surface area contributed by atoms with Crippen LogP contribution in [0.2, 0.25) is 0 Å². The molecule has 9 atom stereocenters. The van der Waals surface area contributed by atoms with Crippen LogP contribution >= 0.6 is 0 Å². The first-order valence-electron chi connectivity index (χ1n) is 13.7. The zero-order valence-corrected chi connectivity index (χ0v) is 22.1. The van der Waals surface area contributed by atoms with Gasteiger partial charge in [-0.15, -0.1) is 0 Å². The van der Waals surface area contributed by atoms with Crippen LogP contribution in [-0.4, -0.2) is 17.9 Å². The molecule has 5 aliphatic rings. The number of ether oxygens (including phenoxy) is 1. The van der Waals surface area contributed by atoms with Crippen molar-refractivity contribution in [2.75, 3.05) is 0 Å². The molecule has 0 aromatic heterocycles. The van der Waals surface area contributed by atoms with Gasteiger partial charge in [0.2, 0.25) is 0 Å². The normalized spacial score (nSPS) is 50.8. The minimum Gasteiger partial charge on any atom is -0.462 e. The number of carbonyl (C=O) groups excluding carboxylic acids is 2. The number of rotatable bonds is 1. The number of ketones is 1. The van der Waals surface area contributed by atoms with Crippen molar-refractivity contribution in [2.45, 2.75) is 112 Å². The molecular formula is C30H46O3. The van der Waals surface area contributed by atoms with Crippen molar-refractivity contribution in [3.63, 3.8) is 0 Å². The van der Waals surface area contributed by atoms with Crippen LogP contribution < -0.4 is 0 Å². The van der Waals surface area contributed by atoms with Gasteiger partial charge in [-0.25, -0.2) is 0 Å². The fourth-order valence-electron chi connectivity index (χ4n) is 10.0. The first kappa shape index (κ1) is 23.6. The molecule has 0 aromatic rings. The monoisotopic (exact) mass is 454 g/mol. The van der Waals surface area contributed by atoms with Crippen LogP contribution in [0.4, 0.5) is 0 Å². The van der Waals surface area contributed by atoms with E-state index < -0.39 is 0 Å². The number of allylic oxidation sites excluding steroid dienone is 2. The lowest BCUT2D eigenvalue weighted by Gasteiger charge is -2.65. The molecule has 0 spiro atoms. The molecule has 0 heterocycles. The number of carbonyl (C=O) groups is 2.